The van der Waals surface area contributed by atoms with E-state index in [1.54, 1.807) is 36.4 Å². The molecule has 0 aliphatic heterocycles. The van der Waals surface area contributed by atoms with Crippen LogP contribution in [0.25, 0.3) is 11.0 Å². The normalized spacial score (nSPS) is 14.5. The van der Waals surface area contributed by atoms with E-state index in [-0.39, 0.29) is 12.3 Å². The zero-order chi connectivity index (χ0) is 18.1. The second kappa shape index (κ2) is 6.80. The number of hydrogen-bond acceptors (Lipinski definition) is 4. The second-order valence-electron chi connectivity index (χ2n) is 6.09. The summed E-state index contributed by atoms with van der Waals surface area (Å²) in [5.74, 6) is 0.0391. The standard InChI is InChI=1S/C18H18ClNO4S/c1-18(21,17-10-13-6-3-5-9-16(13)24-17)12-20-25(22,23)11-14-7-2-4-8-15(14)19/h2-10,20-21H,11-12H2,1H3. The Kier molecular flexibility index (Phi) is 4.88. The van der Waals surface area contributed by atoms with E-state index in [9.17, 15) is 13.5 Å². The third kappa shape index (κ3) is 4.22. The average molecular weight is 380 g/mol. The van der Waals surface area contributed by atoms with Gasteiger partial charge in [-0.1, -0.05) is 48.0 Å². The summed E-state index contributed by atoms with van der Waals surface area (Å²) in [5.41, 5.74) is -0.344. The van der Waals surface area contributed by atoms with Crippen LogP contribution in [-0.2, 0) is 21.4 Å². The van der Waals surface area contributed by atoms with Gasteiger partial charge < -0.3 is 9.52 Å². The number of rotatable bonds is 6. The lowest BCUT2D eigenvalue weighted by molar-refractivity contribution is 0.0411. The van der Waals surface area contributed by atoms with Crippen LogP contribution in [-0.4, -0.2) is 20.1 Å². The van der Waals surface area contributed by atoms with Gasteiger partial charge in [0.05, 0.1) is 5.75 Å². The molecular formula is C18H18ClNO4S. The van der Waals surface area contributed by atoms with Crippen LogP contribution in [0.15, 0.2) is 59.0 Å². The molecule has 1 atom stereocenters. The van der Waals surface area contributed by atoms with Crippen molar-refractivity contribution in [3.63, 3.8) is 0 Å². The predicted octanol–water partition coefficient (Wildman–Crippen LogP) is 3.41. The van der Waals surface area contributed by atoms with Crippen LogP contribution >= 0.6 is 11.6 Å². The van der Waals surface area contributed by atoms with Crippen molar-refractivity contribution in [1.29, 1.82) is 0 Å². The van der Waals surface area contributed by atoms with E-state index in [2.05, 4.69) is 4.72 Å². The number of para-hydroxylation sites is 1. The van der Waals surface area contributed by atoms with E-state index in [1.165, 1.54) is 6.92 Å². The molecule has 1 heterocycles. The first-order valence-electron chi connectivity index (χ1n) is 7.69. The van der Waals surface area contributed by atoms with Crippen LogP contribution < -0.4 is 4.72 Å². The lowest BCUT2D eigenvalue weighted by atomic mass is 10.0. The van der Waals surface area contributed by atoms with Crippen molar-refractivity contribution < 1.29 is 17.9 Å². The molecule has 0 amide bonds. The van der Waals surface area contributed by atoms with Gasteiger partial charge in [-0.05, 0) is 30.7 Å². The molecule has 3 rings (SSSR count). The first kappa shape index (κ1) is 17.9. The minimum Gasteiger partial charge on any atom is -0.458 e. The molecule has 0 saturated carbocycles. The monoisotopic (exact) mass is 379 g/mol. The van der Waals surface area contributed by atoms with Gasteiger partial charge in [-0.25, -0.2) is 13.1 Å². The summed E-state index contributed by atoms with van der Waals surface area (Å²) in [5, 5.41) is 11.9. The number of sulfonamides is 1. The number of benzene rings is 2. The summed E-state index contributed by atoms with van der Waals surface area (Å²) in [6, 6.07) is 15.8. The molecule has 1 aromatic heterocycles. The Morgan fingerprint density at radius 2 is 1.84 bits per heavy atom. The van der Waals surface area contributed by atoms with Crippen LogP contribution in [0.4, 0.5) is 0 Å². The molecule has 0 fully saturated rings. The molecular weight excluding hydrogens is 362 g/mol. The maximum atomic E-state index is 12.3. The van der Waals surface area contributed by atoms with E-state index in [1.807, 2.05) is 18.2 Å². The fraction of sp³-hybridized carbons (Fsp3) is 0.222. The second-order valence-corrected chi connectivity index (χ2v) is 8.31. The lowest BCUT2D eigenvalue weighted by Gasteiger charge is -2.21. The molecule has 5 nitrogen and oxygen atoms in total. The molecule has 1 unspecified atom stereocenters. The molecule has 0 radical (unpaired) electrons. The summed E-state index contributed by atoms with van der Waals surface area (Å²) in [6.07, 6.45) is 0. The largest absolute Gasteiger partial charge is 0.458 e. The topological polar surface area (TPSA) is 79.5 Å². The van der Waals surface area contributed by atoms with Crippen molar-refractivity contribution in [2.45, 2.75) is 18.3 Å². The molecule has 7 heteroatoms. The Morgan fingerprint density at radius 1 is 1.16 bits per heavy atom. The van der Waals surface area contributed by atoms with Gasteiger partial charge in [-0.2, -0.15) is 0 Å². The van der Waals surface area contributed by atoms with E-state index in [4.69, 9.17) is 16.0 Å². The zero-order valence-electron chi connectivity index (χ0n) is 13.6. The summed E-state index contributed by atoms with van der Waals surface area (Å²) in [6.45, 7) is 1.29. The quantitative estimate of drug-likeness (QED) is 0.687. The van der Waals surface area contributed by atoms with Gasteiger partial charge in [0.15, 0.2) is 0 Å². The molecule has 0 bridgehead atoms. The highest BCUT2D eigenvalue weighted by atomic mass is 35.5. The van der Waals surface area contributed by atoms with E-state index in [0.29, 0.717) is 21.9 Å². The molecule has 2 aromatic carbocycles. The van der Waals surface area contributed by atoms with Crippen LogP contribution in [0.3, 0.4) is 0 Å². The number of halogens is 1. The first-order valence-corrected chi connectivity index (χ1v) is 9.72. The molecule has 0 aliphatic rings. The average Bonchev–Trinajstić information content (AvgIpc) is 3.00. The number of fused-ring (bicyclic) bond motifs is 1. The van der Waals surface area contributed by atoms with Crippen LogP contribution in [0.2, 0.25) is 5.02 Å². The SMILES string of the molecule is CC(O)(CNS(=O)(=O)Cc1ccccc1Cl)c1cc2ccccc2o1. The maximum Gasteiger partial charge on any atom is 0.215 e. The summed E-state index contributed by atoms with van der Waals surface area (Å²) in [7, 11) is -3.66. The van der Waals surface area contributed by atoms with Gasteiger partial charge in [0, 0.05) is 17.0 Å². The van der Waals surface area contributed by atoms with Crippen molar-refractivity contribution >= 4 is 32.6 Å². The highest BCUT2D eigenvalue weighted by molar-refractivity contribution is 7.88. The van der Waals surface area contributed by atoms with Gasteiger partial charge in [0.1, 0.15) is 16.9 Å². The van der Waals surface area contributed by atoms with Crippen LogP contribution in [0, 0.1) is 0 Å². The molecule has 0 aliphatic carbocycles. The third-order valence-electron chi connectivity index (χ3n) is 3.90. The fourth-order valence-electron chi connectivity index (χ4n) is 2.46. The van der Waals surface area contributed by atoms with Crippen LogP contribution in [0.1, 0.15) is 18.2 Å². The molecule has 3 aromatic rings. The number of hydrogen-bond donors (Lipinski definition) is 2. The van der Waals surface area contributed by atoms with E-state index in [0.717, 1.165) is 5.39 Å². The van der Waals surface area contributed by atoms with Crippen molar-refractivity contribution in [3.8, 4) is 0 Å². The van der Waals surface area contributed by atoms with E-state index >= 15 is 0 Å². The smallest absolute Gasteiger partial charge is 0.215 e. The van der Waals surface area contributed by atoms with Crippen molar-refractivity contribution in [1.82, 2.24) is 4.72 Å². The number of nitrogens with one attached hydrogen (secondary N) is 1. The summed E-state index contributed by atoms with van der Waals surface area (Å²) >= 11 is 6.00. The Balaban J connectivity index is 1.73. The molecule has 2 N–H and O–H groups in total. The summed E-state index contributed by atoms with van der Waals surface area (Å²) < 4.78 is 32.6. The predicted molar refractivity (Wildman–Crippen MR) is 97.9 cm³/mol. The van der Waals surface area contributed by atoms with Gasteiger partial charge in [0.2, 0.25) is 10.0 Å². The number of aliphatic hydroxyl groups is 1. The fourth-order valence-corrected chi connectivity index (χ4v) is 4.00. The van der Waals surface area contributed by atoms with Gasteiger partial charge in [-0.3, -0.25) is 0 Å². The zero-order valence-corrected chi connectivity index (χ0v) is 15.1. The first-order chi connectivity index (χ1) is 11.8. The highest BCUT2D eigenvalue weighted by Gasteiger charge is 2.29. The maximum absolute atomic E-state index is 12.3. The Labute approximate surface area is 151 Å². The van der Waals surface area contributed by atoms with Crippen molar-refractivity contribution in [2.75, 3.05) is 6.54 Å². The Hall–Kier alpha value is -1.86. The molecule has 25 heavy (non-hydrogen) atoms. The molecule has 0 saturated heterocycles. The van der Waals surface area contributed by atoms with Gasteiger partial charge in [0.25, 0.3) is 0 Å². The molecule has 0 spiro atoms. The lowest BCUT2D eigenvalue weighted by Crippen LogP contribution is -2.38. The third-order valence-corrected chi connectivity index (χ3v) is 5.54. The Morgan fingerprint density at radius 3 is 2.56 bits per heavy atom. The van der Waals surface area contributed by atoms with Crippen molar-refractivity contribution in [2.24, 2.45) is 0 Å². The minimum atomic E-state index is -3.66. The number of furan rings is 1. The van der Waals surface area contributed by atoms with E-state index < -0.39 is 15.6 Å². The van der Waals surface area contributed by atoms with Gasteiger partial charge in [-0.15, -0.1) is 0 Å². The molecule has 132 valence electrons. The van der Waals surface area contributed by atoms with Crippen molar-refractivity contribution in [3.05, 3.63) is 70.9 Å². The Bertz CT molecular complexity index is 962. The highest BCUT2D eigenvalue weighted by Crippen LogP contribution is 2.27. The summed E-state index contributed by atoms with van der Waals surface area (Å²) in [4.78, 5) is 0. The minimum absolute atomic E-state index is 0.209. The van der Waals surface area contributed by atoms with Gasteiger partial charge >= 0.3 is 0 Å². The van der Waals surface area contributed by atoms with Crippen LogP contribution in [0.5, 0.6) is 0 Å².